The fraction of sp³-hybridized carbons (Fsp3) is 0.185. The van der Waals surface area contributed by atoms with Crippen molar-refractivity contribution >= 4 is 57.9 Å². The number of rotatable bonds is 4. The first-order valence-corrected chi connectivity index (χ1v) is 12.8. The van der Waals surface area contributed by atoms with Crippen LogP contribution in [0.5, 0.6) is 0 Å². The molecule has 4 nitrogen and oxygen atoms in total. The van der Waals surface area contributed by atoms with Crippen molar-refractivity contribution in [2.75, 3.05) is 16.5 Å². The van der Waals surface area contributed by atoms with Crippen LogP contribution in [0.25, 0.3) is 0 Å². The van der Waals surface area contributed by atoms with Crippen molar-refractivity contribution in [3.63, 3.8) is 0 Å². The molecule has 0 unspecified atom stereocenters. The summed E-state index contributed by atoms with van der Waals surface area (Å²) in [6.45, 7) is 7.15. The smallest absolute Gasteiger partial charge is 0.0910 e. The highest BCUT2D eigenvalue weighted by molar-refractivity contribution is 7.12. The van der Waals surface area contributed by atoms with Gasteiger partial charge in [-0.2, -0.15) is 0 Å². The molecule has 164 valence electrons. The van der Waals surface area contributed by atoms with Gasteiger partial charge < -0.3 is 9.80 Å². The van der Waals surface area contributed by atoms with Gasteiger partial charge in [-0.05, 0) is 83.3 Å². The molecule has 0 N–H and O–H groups in total. The second-order valence-corrected chi connectivity index (χ2v) is 10.6. The highest BCUT2D eigenvalue weighted by Crippen LogP contribution is 2.43. The van der Waals surface area contributed by atoms with Crippen LogP contribution in [0.4, 0.5) is 22.7 Å². The highest BCUT2D eigenvalue weighted by Gasteiger charge is 2.31. The van der Waals surface area contributed by atoms with Gasteiger partial charge in [0.25, 0.3) is 0 Å². The maximum Gasteiger partial charge on any atom is 0.0910 e. The van der Waals surface area contributed by atoms with Crippen LogP contribution in [-0.2, 0) is 13.1 Å². The zero-order valence-electron chi connectivity index (χ0n) is 18.7. The van der Waals surface area contributed by atoms with Crippen LogP contribution >= 0.6 is 22.7 Å². The van der Waals surface area contributed by atoms with Gasteiger partial charge in [-0.3, -0.25) is 9.98 Å². The van der Waals surface area contributed by atoms with E-state index in [-0.39, 0.29) is 0 Å². The number of thiophene rings is 2. The topological polar surface area (TPSA) is 31.2 Å². The van der Waals surface area contributed by atoms with E-state index < -0.39 is 0 Å². The summed E-state index contributed by atoms with van der Waals surface area (Å²) < 4.78 is 0. The largest absolute Gasteiger partial charge is 0.349 e. The summed E-state index contributed by atoms with van der Waals surface area (Å²) in [5.41, 5.74) is 10.0. The Morgan fingerprint density at radius 3 is 1.64 bits per heavy atom. The van der Waals surface area contributed by atoms with Gasteiger partial charge in [0, 0.05) is 46.6 Å². The average molecular weight is 469 g/mol. The monoisotopic (exact) mass is 468 g/mol. The molecule has 0 aliphatic carbocycles. The molecule has 0 saturated heterocycles. The van der Waals surface area contributed by atoms with Crippen LogP contribution in [0.2, 0.25) is 0 Å². The van der Waals surface area contributed by atoms with Gasteiger partial charge >= 0.3 is 0 Å². The fourth-order valence-corrected chi connectivity index (χ4v) is 6.15. The molecule has 0 atom stereocenters. The van der Waals surface area contributed by atoms with E-state index in [9.17, 15) is 0 Å². The van der Waals surface area contributed by atoms with E-state index in [4.69, 9.17) is 9.98 Å². The number of nitrogens with zero attached hydrogens (tertiary/aromatic N) is 4. The second kappa shape index (κ2) is 8.28. The minimum Gasteiger partial charge on any atom is -0.349 e. The minimum atomic E-state index is 0.903. The molecule has 4 heterocycles. The van der Waals surface area contributed by atoms with Crippen molar-refractivity contribution < 1.29 is 0 Å². The highest BCUT2D eigenvalue weighted by atomic mass is 32.1. The standard InChI is InChI=1S/C27H24N4S2/c1-18-9-22(28-13-24-5-3-7-32-24)11-20-15-31-17-30(26(18)20)16-21-12-23(10-19(2)27(21)31)29-14-25-6-4-8-33-25/h3-14H,15-17H2,1-2H3. The lowest BCUT2D eigenvalue weighted by Crippen LogP contribution is -2.46. The lowest BCUT2D eigenvalue weighted by Gasteiger charge is -2.46. The zero-order valence-corrected chi connectivity index (χ0v) is 20.3. The number of hydrogen-bond acceptors (Lipinski definition) is 6. The summed E-state index contributed by atoms with van der Waals surface area (Å²) in [5.74, 6) is 0. The molecule has 6 heteroatoms. The van der Waals surface area contributed by atoms with Gasteiger partial charge in [0.2, 0.25) is 0 Å². The molecular weight excluding hydrogens is 444 g/mol. The van der Waals surface area contributed by atoms with Gasteiger partial charge in [-0.15, -0.1) is 22.7 Å². The normalized spacial score (nSPS) is 14.8. The van der Waals surface area contributed by atoms with Gasteiger partial charge in [-0.25, -0.2) is 0 Å². The van der Waals surface area contributed by atoms with E-state index in [1.54, 1.807) is 22.7 Å². The lowest BCUT2D eigenvalue weighted by molar-refractivity contribution is 0.647. The van der Waals surface area contributed by atoms with Crippen LogP contribution in [0, 0.1) is 13.8 Å². The van der Waals surface area contributed by atoms with Gasteiger partial charge in [0.1, 0.15) is 0 Å². The Hall–Kier alpha value is -3.22. The van der Waals surface area contributed by atoms with Crippen LogP contribution in [0.1, 0.15) is 32.0 Å². The summed E-state index contributed by atoms with van der Waals surface area (Å²) >= 11 is 3.42. The number of benzene rings is 2. The first-order valence-electron chi connectivity index (χ1n) is 11.1. The Morgan fingerprint density at radius 2 is 1.21 bits per heavy atom. The number of aliphatic imine (C=N–C) groups is 2. The first kappa shape index (κ1) is 20.4. The van der Waals surface area contributed by atoms with E-state index in [0.717, 1.165) is 31.1 Å². The third-order valence-corrected chi connectivity index (χ3v) is 7.81. The molecular formula is C27H24N4S2. The molecule has 2 bridgehead atoms. The molecule has 0 fully saturated rings. The Bertz CT molecular complexity index is 1260. The van der Waals surface area contributed by atoms with Crippen LogP contribution in [0.15, 0.2) is 69.3 Å². The van der Waals surface area contributed by atoms with Crippen molar-refractivity contribution in [3.8, 4) is 0 Å². The maximum atomic E-state index is 4.76. The molecule has 0 radical (unpaired) electrons. The molecule has 2 aliphatic rings. The Kier molecular flexibility index (Phi) is 5.12. The summed E-state index contributed by atoms with van der Waals surface area (Å²) in [7, 11) is 0. The number of hydrogen-bond donors (Lipinski definition) is 0. The van der Waals surface area contributed by atoms with Gasteiger partial charge in [-0.1, -0.05) is 12.1 Å². The molecule has 0 saturated carbocycles. The molecule has 6 rings (SSSR count). The predicted molar refractivity (Wildman–Crippen MR) is 143 cm³/mol. The Morgan fingerprint density at radius 1 is 0.727 bits per heavy atom. The SMILES string of the molecule is Cc1cc(N=Cc2cccs2)cc2c1N1Cc3cc(N=Cc4cccs4)cc(C)c3N(C2)C1. The van der Waals surface area contributed by atoms with Crippen molar-refractivity contribution in [3.05, 3.63) is 91.3 Å². The van der Waals surface area contributed by atoms with Crippen LogP contribution in [0.3, 0.4) is 0 Å². The third kappa shape index (κ3) is 3.90. The maximum absolute atomic E-state index is 4.76. The van der Waals surface area contributed by atoms with E-state index in [0.29, 0.717) is 0 Å². The van der Waals surface area contributed by atoms with Crippen molar-refractivity contribution in [1.82, 2.24) is 0 Å². The van der Waals surface area contributed by atoms with E-state index >= 15 is 0 Å². The fourth-order valence-electron chi connectivity index (χ4n) is 4.98. The van der Waals surface area contributed by atoms with Crippen molar-refractivity contribution in [1.29, 1.82) is 0 Å². The molecule has 2 aliphatic heterocycles. The average Bonchev–Trinajstić information content (AvgIpc) is 3.50. The summed E-state index contributed by atoms with van der Waals surface area (Å²) in [6.07, 6.45) is 3.93. The van der Waals surface area contributed by atoms with Gasteiger partial charge in [0.15, 0.2) is 0 Å². The van der Waals surface area contributed by atoms with Crippen molar-refractivity contribution in [2.24, 2.45) is 9.98 Å². The van der Waals surface area contributed by atoms with E-state index in [1.165, 1.54) is 43.4 Å². The molecule has 33 heavy (non-hydrogen) atoms. The molecule has 0 spiro atoms. The molecule has 4 aromatic rings. The number of anilines is 2. The van der Waals surface area contributed by atoms with Crippen LogP contribution in [-0.4, -0.2) is 19.1 Å². The quantitative estimate of drug-likeness (QED) is 0.296. The zero-order chi connectivity index (χ0) is 22.4. The third-order valence-electron chi connectivity index (χ3n) is 6.19. The Balaban J connectivity index is 1.32. The first-order chi connectivity index (χ1) is 16.1. The summed E-state index contributed by atoms with van der Waals surface area (Å²) in [6, 6.07) is 17.2. The summed E-state index contributed by atoms with van der Waals surface area (Å²) in [4.78, 5) is 16.9. The summed E-state index contributed by atoms with van der Waals surface area (Å²) in [5, 5.41) is 4.17. The van der Waals surface area contributed by atoms with Gasteiger partial charge in [0.05, 0.1) is 18.0 Å². The number of aryl methyl sites for hydroxylation is 2. The lowest BCUT2D eigenvalue weighted by atomic mass is 9.96. The number of fused-ring (bicyclic) bond motifs is 6. The van der Waals surface area contributed by atoms with E-state index in [1.807, 2.05) is 12.4 Å². The minimum absolute atomic E-state index is 0.903. The molecule has 0 amide bonds. The second-order valence-electron chi connectivity index (χ2n) is 8.63. The predicted octanol–water partition coefficient (Wildman–Crippen LogP) is 7.23. The molecule has 2 aromatic heterocycles. The van der Waals surface area contributed by atoms with Crippen LogP contribution < -0.4 is 9.80 Å². The van der Waals surface area contributed by atoms with Crippen molar-refractivity contribution in [2.45, 2.75) is 26.9 Å². The molecule has 2 aromatic carbocycles. The Labute approximate surface area is 202 Å². The van der Waals surface area contributed by atoms with E-state index in [2.05, 4.69) is 82.9 Å².